The van der Waals surface area contributed by atoms with Gasteiger partial charge in [0.25, 0.3) is 0 Å². The van der Waals surface area contributed by atoms with Crippen LogP contribution in [0.5, 0.6) is 0 Å². The van der Waals surface area contributed by atoms with Gasteiger partial charge in [-0.15, -0.1) is 0 Å². The summed E-state index contributed by atoms with van der Waals surface area (Å²) in [5.74, 6) is 0.148. The van der Waals surface area contributed by atoms with E-state index in [0.717, 1.165) is 50.9 Å². The summed E-state index contributed by atoms with van der Waals surface area (Å²) in [6.07, 6.45) is 18.8. The van der Waals surface area contributed by atoms with Crippen molar-refractivity contribution in [1.29, 1.82) is 0 Å². The van der Waals surface area contributed by atoms with E-state index < -0.39 is 61.5 Å². The molecule has 0 aromatic carbocycles. The maximum absolute atomic E-state index is 12.9. The van der Waals surface area contributed by atoms with Crippen LogP contribution in [0.25, 0.3) is 0 Å². The fourth-order valence-electron chi connectivity index (χ4n) is 6.29. The average Bonchev–Trinajstić information content (AvgIpc) is 3.08. The number of hydrogen-bond acceptors (Lipinski definition) is 9. The Morgan fingerprint density at radius 2 is 1.24 bits per heavy atom. The summed E-state index contributed by atoms with van der Waals surface area (Å²) in [4.78, 5) is 12.9. The molecule has 10 heteroatoms. The number of carbonyl (C=O) groups excluding carboxylic acids is 1. The molecule has 0 aromatic heterocycles. The summed E-state index contributed by atoms with van der Waals surface area (Å²) in [5, 5.41) is 64.3. The lowest BCUT2D eigenvalue weighted by Crippen LogP contribution is -2.60. The number of hydrogen-bond donors (Lipinski definition) is 7. The first-order chi connectivity index (χ1) is 23.6. The van der Waals surface area contributed by atoms with Crippen LogP contribution >= 0.6 is 0 Å². The molecule has 0 aromatic rings. The summed E-state index contributed by atoms with van der Waals surface area (Å²) >= 11 is 0. The fourth-order valence-corrected chi connectivity index (χ4v) is 6.29. The normalized spacial score (nSPS) is 23.3. The minimum absolute atomic E-state index is 0.304. The molecule has 0 radical (unpaired) electrons. The van der Waals surface area contributed by atoms with Crippen molar-refractivity contribution in [1.82, 2.24) is 5.32 Å². The van der Waals surface area contributed by atoms with E-state index in [4.69, 9.17) is 9.47 Å². The number of amides is 1. The molecule has 1 saturated heterocycles. The smallest absolute Gasteiger partial charge is 0.249 e. The highest BCUT2D eigenvalue weighted by atomic mass is 16.7. The van der Waals surface area contributed by atoms with Gasteiger partial charge in [-0.3, -0.25) is 4.79 Å². The number of nitrogens with one attached hydrogen (secondary N) is 1. The van der Waals surface area contributed by atoms with Gasteiger partial charge in [-0.2, -0.15) is 0 Å². The highest BCUT2D eigenvalue weighted by Crippen LogP contribution is 2.22. The Morgan fingerprint density at radius 1 is 0.735 bits per heavy atom. The second kappa shape index (κ2) is 29.5. The van der Waals surface area contributed by atoms with Crippen LogP contribution in [0, 0.1) is 5.92 Å². The topological polar surface area (TPSA) is 169 Å². The molecule has 49 heavy (non-hydrogen) atoms. The van der Waals surface area contributed by atoms with Gasteiger partial charge in [0, 0.05) is 0 Å². The minimum atomic E-state index is -1.61. The SMILES string of the molecule is CCCCCCCCCCCCCCC(O)C(=O)N[C@@H](CO[C@@H]1O[C@H](CO)[C@@H](O)[C@H](O)[C@H]1O)[C@H](O)/C=C/CCCCCCCCCC(C)C. The van der Waals surface area contributed by atoms with Crippen LogP contribution in [0.3, 0.4) is 0 Å². The van der Waals surface area contributed by atoms with Gasteiger partial charge < -0.3 is 45.4 Å². The van der Waals surface area contributed by atoms with Gasteiger partial charge in [-0.25, -0.2) is 0 Å². The summed E-state index contributed by atoms with van der Waals surface area (Å²) < 4.78 is 11.1. The molecule has 1 aliphatic heterocycles. The highest BCUT2D eigenvalue weighted by molar-refractivity contribution is 5.80. The lowest BCUT2D eigenvalue weighted by Gasteiger charge is -2.40. The summed E-state index contributed by atoms with van der Waals surface area (Å²) in [7, 11) is 0. The zero-order valence-corrected chi connectivity index (χ0v) is 31.2. The van der Waals surface area contributed by atoms with Gasteiger partial charge in [0.2, 0.25) is 5.91 Å². The average molecular weight is 702 g/mol. The van der Waals surface area contributed by atoms with Crippen LogP contribution in [-0.2, 0) is 14.3 Å². The van der Waals surface area contributed by atoms with E-state index >= 15 is 0 Å². The molecule has 1 rings (SSSR count). The molecule has 1 aliphatic rings. The molecule has 8 atom stereocenters. The molecule has 1 amide bonds. The largest absolute Gasteiger partial charge is 0.394 e. The van der Waals surface area contributed by atoms with Crippen molar-refractivity contribution in [3.8, 4) is 0 Å². The van der Waals surface area contributed by atoms with Gasteiger partial charge in [-0.05, 0) is 25.2 Å². The lowest BCUT2D eigenvalue weighted by atomic mass is 9.99. The van der Waals surface area contributed by atoms with E-state index in [2.05, 4.69) is 26.1 Å². The molecule has 1 heterocycles. The molecular weight excluding hydrogens is 626 g/mol. The molecule has 290 valence electrons. The Kier molecular flexibility index (Phi) is 27.6. The summed E-state index contributed by atoms with van der Waals surface area (Å²) in [6.45, 7) is 5.86. The zero-order valence-electron chi connectivity index (χ0n) is 31.2. The molecule has 0 bridgehead atoms. The molecule has 1 unspecified atom stereocenters. The van der Waals surface area contributed by atoms with E-state index in [0.29, 0.717) is 6.42 Å². The number of ether oxygens (including phenoxy) is 2. The Labute approximate surface area is 298 Å². The second-order valence-corrected chi connectivity index (χ2v) is 14.7. The highest BCUT2D eigenvalue weighted by Gasteiger charge is 2.44. The van der Waals surface area contributed by atoms with Crippen LogP contribution in [0.15, 0.2) is 12.2 Å². The van der Waals surface area contributed by atoms with E-state index in [9.17, 15) is 35.4 Å². The maximum Gasteiger partial charge on any atom is 0.249 e. The van der Waals surface area contributed by atoms with Crippen molar-refractivity contribution >= 4 is 5.91 Å². The number of aliphatic hydroxyl groups excluding tert-OH is 6. The lowest BCUT2D eigenvalue weighted by molar-refractivity contribution is -0.302. The first kappa shape index (κ1) is 45.9. The number of rotatable bonds is 31. The summed E-state index contributed by atoms with van der Waals surface area (Å²) in [5.41, 5.74) is 0. The van der Waals surface area contributed by atoms with Gasteiger partial charge in [0.05, 0.1) is 25.4 Å². The van der Waals surface area contributed by atoms with Crippen LogP contribution in [-0.4, -0.2) is 98.7 Å². The van der Waals surface area contributed by atoms with E-state index in [1.165, 1.54) is 89.9 Å². The molecular formula is C39H75NO9. The Balaban J connectivity index is 2.52. The standard InChI is InChI=1S/C39H75NO9/c1-4-5-6-7-8-9-10-11-14-18-21-24-27-33(43)38(47)40-31(29-48-39-37(46)36(45)35(44)34(28-41)49-39)32(42)26-23-20-17-15-12-13-16-19-22-25-30(2)3/h23,26,30-37,39,41-46H,4-22,24-25,27-29H2,1-3H3,(H,40,47)/b26-23+/t31-,32+,33?,34+,35+,36-,37+,39+/m0/s1. The van der Waals surface area contributed by atoms with Crippen LogP contribution < -0.4 is 5.32 Å². The number of allylic oxidation sites excluding steroid dienone is 1. The third-order valence-electron chi connectivity index (χ3n) is 9.65. The predicted octanol–water partition coefficient (Wildman–Crippen LogP) is 5.82. The van der Waals surface area contributed by atoms with Crippen molar-refractivity contribution in [2.45, 2.75) is 211 Å². The molecule has 1 fully saturated rings. The van der Waals surface area contributed by atoms with Crippen molar-refractivity contribution < 1.29 is 44.9 Å². The molecule has 0 aliphatic carbocycles. The van der Waals surface area contributed by atoms with E-state index in [-0.39, 0.29) is 6.61 Å². The Hall–Kier alpha value is -1.11. The van der Waals surface area contributed by atoms with E-state index in [1.54, 1.807) is 6.08 Å². The molecule has 0 saturated carbocycles. The van der Waals surface area contributed by atoms with Crippen molar-refractivity contribution in [2.24, 2.45) is 5.92 Å². The van der Waals surface area contributed by atoms with Gasteiger partial charge in [0.15, 0.2) is 6.29 Å². The van der Waals surface area contributed by atoms with Gasteiger partial charge >= 0.3 is 0 Å². The second-order valence-electron chi connectivity index (χ2n) is 14.7. The number of carbonyl (C=O) groups is 1. The van der Waals surface area contributed by atoms with Gasteiger partial charge in [-0.1, -0.05) is 155 Å². The Bertz CT molecular complexity index is 811. The van der Waals surface area contributed by atoms with Crippen LogP contribution in [0.2, 0.25) is 0 Å². The number of aliphatic hydroxyl groups is 6. The third-order valence-corrected chi connectivity index (χ3v) is 9.65. The maximum atomic E-state index is 12.9. The van der Waals surface area contributed by atoms with E-state index in [1.807, 2.05) is 6.08 Å². The first-order valence-corrected chi connectivity index (χ1v) is 19.9. The van der Waals surface area contributed by atoms with Crippen LogP contribution in [0.4, 0.5) is 0 Å². The fraction of sp³-hybridized carbons (Fsp3) is 0.923. The quantitative estimate of drug-likeness (QED) is 0.0348. The molecule has 0 spiro atoms. The van der Waals surface area contributed by atoms with Crippen molar-refractivity contribution in [2.75, 3.05) is 13.2 Å². The zero-order chi connectivity index (χ0) is 36.3. The van der Waals surface area contributed by atoms with Gasteiger partial charge in [0.1, 0.15) is 30.5 Å². The summed E-state index contributed by atoms with van der Waals surface area (Å²) in [6, 6.07) is -0.974. The Morgan fingerprint density at radius 3 is 1.78 bits per heavy atom. The monoisotopic (exact) mass is 702 g/mol. The predicted molar refractivity (Wildman–Crippen MR) is 195 cm³/mol. The van der Waals surface area contributed by atoms with Crippen molar-refractivity contribution in [3.63, 3.8) is 0 Å². The number of unbranched alkanes of at least 4 members (excludes halogenated alkanes) is 18. The molecule has 7 N–H and O–H groups in total. The minimum Gasteiger partial charge on any atom is -0.394 e. The third kappa shape index (κ3) is 21.8. The van der Waals surface area contributed by atoms with Crippen LogP contribution in [0.1, 0.15) is 162 Å². The first-order valence-electron chi connectivity index (χ1n) is 19.9. The van der Waals surface area contributed by atoms with Crippen molar-refractivity contribution in [3.05, 3.63) is 12.2 Å². The molecule has 10 nitrogen and oxygen atoms in total.